The highest BCUT2D eigenvalue weighted by atomic mass is 32.1. The van der Waals surface area contributed by atoms with Gasteiger partial charge in [-0.25, -0.2) is 0 Å². The Morgan fingerprint density at radius 2 is 1.39 bits per heavy atom. The third kappa shape index (κ3) is 4.55. The first kappa shape index (κ1) is 26.0. The third-order valence-electron chi connectivity index (χ3n) is 8.52. The van der Waals surface area contributed by atoms with Gasteiger partial charge in [-0.2, -0.15) is 0 Å². The summed E-state index contributed by atoms with van der Waals surface area (Å²) in [5, 5.41) is 15.3. The topological polar surface area (TPSA) is 42.6 Å². The maximum atomic E-state index is 10.5. The van der Waals surface area contributed by atoms with E-state index in [1.807, 2.05) is 37.3 Å². The molecule has 0 fully saturated rings. The zero-order valence-electron chi connectivity index (χ0n) is 23.7. The van der Waals surface area contributed by atoms with E-state index in [1.54, 1.807) is 13.8 Å². The predicted molar refractivity (Wildman–Crippen MR) is 176 cm³/mol. The van der Waals surface area contributed by atoms with Crippen LogP contribution in [0.4, 0.5) is 0 Å². The molecule has 3 nitrogen and oxygen atoms in total. The molecule has 0 atom stereocenters. The minimum absolute atomic E-state index is 0.431. The Labute approximate surface area is 244 Å². The summed E-state index contributed by atoms with van der Waals surface area (Å²) in [6.07, 6.45) is 0. The molecule has 202 valence electrons. The first-order valence-electron chi connectivity index (χ1n) is 14.0. The van der Waals surface area contributed by atoms with Crippen LogP contribution in [0.5, 0.6) is 0 Å². The van der Waals surface area contributed by atoms with Gasteiger partial charge in [0.1, 0.15) is 11.2 Å². The van der Waals surface area contributed by atoms with Gasteiger partial charge in [0.25, 0.3) is 0 Å². The van der Waals surface area contributed by atoms with Crippen molar-refractivity contribution in [3.63, 3.8) is 0 Å². The zero-order chi connectivity index (χ0) is 28.4. The largest absolute Gasteiger partial charge is 0.456 e. The van der Waals surface area contributed by atoms with Crippen LogP contribution in [0.15, 0.2) is 108 Å². The molecular formula is C36H31BO3S. The van der Waals surface area contributed by atoms with Crippen LogP contribution >= 0.6 is 11.3 Å². The fourth-order valence-electron chi connectivity index (χ4n) is 5.42. The molecule has 0 aliphatic heterocycles. The van der Waals surface area contributed by atoms with E-state index in [1.165, 1.54) is 36.9 Å². The van der Waals surface area contributed by atoms with Crippen LogP contribution in [0.25, 0.3) is 64.4 Å². The molecule has 2 heterocycles. The van der Waals surface area contributed by atoms with Gasteiger partial charge in [-0.05, 0) is 86.3 Å². The van der Waals surface area contributed by atoms with Gasteiger partial charge in [-0.15, -0.1) is 11.3 Å². The summed E-state index contributed by atoms with van der Waals surface area (Å²) >= 11 is 1.83. The number of thiophene rings is 1. The summed E-state index contributed by atoms with van der Waals surface area (Å²) in [6, 6.07) is 36.6. The Morgan fingerprint density at radius 3 is 2.22 bits per heavy atom. The standard InChI is InChI=1S/C36H31BO3S/c1-35(2,38)36(3,4)40-37-25-10-7-9-24(19-25)26-12-8-14-33-34(26)29-21-23(16-18-32(29)41-33)22-15-17-31-28(20-22)27-11-5-6-13-30(27)39-31/h5-21,37-38H,1-4H3. The Balaban J connectivity index is 1.31. The minimum Gasteiger partial charge on any atom is -0.456 e. The molecule has 7 rings (SSSR count). The van der Waals surface area contributed by atoms with Crippen molar-refractivity contribution in [1.82, 2.24) is 0 Å². The molecule has 41 heavy (non-hydrogen) atoms. The van der Waals surface area contributed by atoms with Crippen LogP contribution in [0.1, 0.15) is 27.7 Å². The lowest BCUT2D eigenvalue weighted by Gasteiger charge is -2.37. The summed E-state index contributed by atoms with van der Waals surface area (Å²) < 4.78 is 14.8. The minimum atomic E-state index is -0.946. The van der Waals surface area contributed by atoms with Crippen molar-refractivity contribution in [2.75, 3.05) is 0 Å². The summed E-state index contributed by atoms with van der Waals surface area (Å²) in [4.78, 5) is 0. The molecule has 0 amide bonds. The van der Waals surface area contributed by atoms with Crippen molar-refractivity contribution in [3.8, 4) is 22.3 Å². The van der Waals surface area contributed by atoms with E-state index in [2.05, 4.69) is 91.0 Å². The normalized spacial score (nSPS) is 12.6. The average Bonchev–Trinajstić information content (AvgIpc) is 3.53. The highest BCUT2D eigenvalue weighted by Crippen LogP contribution is 2.42. The monoisotopic (exact) mass is 554 g/mol. The molecule has 0 aliphatic rings. The molecule has 0 unspecified atom stereocenters. The lowest BCUT2D eigenvalue weighted by atomic mass is 9.81. The molecule has 0 spiro atoms. The Kier molecular flexibility index (Phi) is 6.09. The van der Waals surface area contributed by atoms with E-state index in [9.17, 15) is 5.11 Å². The SMILES string of the molecule is CC(C)(O)C(C)(C)OBc1cccc(-c2cccc3sc4ccc(-c5ccc6oc7ccccc7c6c5)cc4c23)c1. The number of rotatable bonds is 6. The summed E-state index contributed by atoms with van der Waals surface area (Å²) in [5.74, 6) is 0. The smallest absolute Gasteiger partial charge is 0.309 e. The Morgan fingerprint density at radius 1 is 0.659 bits per heavy atom. The number of furan rings is 1. The highest BCUT2D eigenvalue weighted by molar-refractivity contribution is 7.26. The Hall–Kier alpha value is -3.90. The van der Waals surface area contributed by atoms with E-state index in [0.717, 1.165) is 33.0 Å². The summed E-state index contributed by atoms with van der Waals surface area (Å²) in [5.41, 5.74) is 6.03. The number of fused-ring (bicyclic) bond motifs is 6. The van der Waals surface area contributed by atoms with Crippen molar-refractivity contribution in [2.24, 2.45) is 0 Å². The first-order valence-corrected chi connectivity index (χ1v) is 14.8. The molecule has 0 bridgehead atoms. The average molecular weight is 555 g/mol. The number of para-hydroxylation sites is 1. The van der Waals surface area contributed by atoms with Gasteiger partial charge >= 0.3 is 7.48 Å². The molecule has 0 saturated carbocycles. The second-order valence-corrected chi connectivity index (χ2v) is 12.9. The number of benzene rings is 5. The molecule has 7 aromatic rings. The summed E-state index contributed by atoms with van der Waals surface area (Å²) in [7, 11) is 0.431. The van der Waals surface area contributed by atoms with Crippen molar-refractivity contribution in [1.29, 1.82) is 0 Å². The van der Waals surface area contributed by atoms with Gasteiger partial charge in [-0.3, -0.25) is 0 Å². The maximum Gasteiger partial charge on any atom is 0.309 e. The van der Waals surface area contributed by atoms with Crippen molar-refractivity contribution in [2.45, 2.75) is 38.9 Å². The lowest BCUT2D eigenvalue weighted by Crippen LogP contribution is -2.49. The molecule has 0 aliphatic carbocycles. The molecule has 5 heteroatoms. The molecule has 0 saturated heterocycles. The highest BCUT2D eigenvalue weighted by Gasteiger charge is 2.35. The molecular weight excluding hydrogens is 523 g/mol. The van der Waals surface area contributed by atoms with Crippen LogP contribution in [0.2, 0.25) is 0 Å². The zero-order valence-corrected chi connectivity index (χ0v) is 24.5. The summed E-state index contributed by atoms with van der Waals surface area (Å²) in [6.45, 7) is 7.43. The van der Waals surface area contributed by atoms with E-state index in [4.69, 9.17) is 9.07 Å². The van der Waals surface area contributed by atoms with E-state index in [0.29, 0.717) is 7.48 Å². The second kappa shape index (κ2) is 9.59. The van der Waals surface area contributed by atoms with Gasteiger partial charge in [0.05, 0.1) is 11.2 Å². The van der Waals surface area contributed by atoms with Crippen LogP contribution in [-0.4, -0.2) is 23.8 Å². The van der Waals surface area contributed by atoms with Crippen LogP contribution < -0.4 is 5.46 Å². The molecule has 0 radical (unpaired) electrons. The van der Waals surface area contributed by atoms with Crippen LogP contribution in [0.3, 0.4) is 0 Å². The maximum absolute atomic E-state index is 10.5. The third-order valence-corrected chi connectivity index (χ3v) is 9.65. The number of aliphatic hydroxyl groups is 1. The predicted octanol–water partition coefficient (Wildman–Crippen LogP) is 8.83. The number of hydrogen-bond donors (Lipinski definition) is 1. The second-order valence-electron chi connectivity index (χ2n) is 11.9. The lowest BCUT2D eigenvalue weighted by molar-refractivity contribution is -0.0893. The fourth-order valence-corrected chi connectivity index (χ4v) is 6.53. The van der Waals surface area contributed by atoms with E-state index >= 15 is 0 Å². The van der Waals surface area contributed by atoms with Gasteiger partial charge in [-0.1, -0.05) is 72.2 Å². The van der Waals surface area contributed by atoms with Crippen molar-refractivity contribution < 1.29 is 14.2 Å². The van der Waals surface area contributed by atoms with Crippen LogP contribution in [0, 0.1) is 0 Å². The first-order chi connectivity index (χ1) is 19.7. The van der Waals surface area contributed by atoms with Crippen molar-refractivity contribution in [3.05, 3.63) is 103 Å². The molecule has 2 aromatic heterocycles. The van der Waals surface area contributed by atoms with E-state index < -0.39 is 11.2 Å². The Bertz CT molecular complexity index is 2080. The van der Waals surface area contributed by atoms with Crippen molar-refractivity contribution >= 4 is 66.4 Å². The van der Waals surface area contributed by atoms with Gasteiger partial charge in [0, 0.05) is 30.9 Å². The van der Waals surface area contributed by atoms with Gasteiger partial charge < -0.3 is 14.2 Å². The van der Waals surface area contributed by atoms with Crippen LogP contribution in [-0.2, 0) is 4.65 Å². The molecule has 5 aromatic carbocycles. The fraction of sp³-hybridized carbons (Fsp3) is 0.167. The molecule has 1 N–H and O–H groups in total. The van der Waals surface area contributed by atoms with E-state index in [-0.39, 0.29) is 0 Å². The van der Waals surface area contributed by atoms with Gasteiger partial charge in [0.15, 0.2) is 0 Å². The number of hydrogen-bond acceptors (Lipinski definition) is 4. The van der Waals surface area contributed by atoms with Gasteiger partial charge in [0.2, 0.25) is 0 Å². The quantitative estimate of drug-likeness (QED) is 0.209.